The van der Waals surface area contributed by atoms with Crippen LogP contribution in [0.15, 0.2) is 30.3 Å². The fraction of sp³-hybridized carbons (Fsp3) is 0.417. The summed E-state index contributed by atoms with van der Waals surface area (Å²) in [7, 11) is 0. The first kappa shape index (κ1) is 9.25. The molecule has 2 heteroatoms. The molecule has 1 aromatic rings. The lowest BCUT2D eigenvalue weighted by atomic mass is 10.2. The van der Waals surface area contributed by atoms with E-state index in [2.05, 4.69) is 0 Å². The molecule has 1 aliphatic carbocycles. The van der Waals surface area contributed by atoms with E-state index < -0.39 is 0 Å². The Labute approximate surface area is 83.9 Å². The summed E-state index contributed by atoms with van der Waals surface area (Å²) in [5.74, 6) is 1.33. The summed E-state index contributed by atoms with van der Waals surface area (Å²) in [6.07, 6.45) is 4.13. The van der Waals surface area contributed by atoms with E-state index >= 15 is 0 Å². The van der Waals surface area contributed by atoms with Crippen LogP contribution in [0.1, 0.15) is 25.7 Å². The van der Waals surface area contributed by atoms with Gasteiger partial charge in [-0.05, 0) is 24.5 Å². The summed E-state index contributed by atoms with van der Waals surface area (Å²) in [6, 6.07) is 9.23. The predicted octanol–water partition coefficient (Wildman–Crippen LogP) is 2.78. The van der Waals surface area contributed by atoms with Crippen LogP contribution in [0.25, 0.3) is 0 Å². The highest BCUT2D eigenvalue weighted by Gasteiger charge is 2.22. The van der Waals surface area contributed by atoms with Gasteiger partial charge < -0.3 is 4.74 Å². The van der Waals surface area contributed by atoms with Crippen molar-refractivity contribution < 1.29 is 9.53 Å². The van der Waals surface area contributed by atoms with Gasteiger partial charge in [0, 0.05) is 6.42 Å². The van der Waals surface area contributed by atoms with E-state index in [1.54, 1.807) is 12.1 Å². The van der Waals surface area contributed by atoms with Gasteiger partial charge in [0.25, 0.3) is 0 Å². The number of ether oxygens (including phenoxy) is 1. The van der Waals surface area contributed by atoms with E-state index in [4.69, 9.17) is 4.74 Å². The van der Waals surface area contributed by atoms with Gasteiger partial charge in [0.2, 0.25) is 0 Å². The Morgan fingerprint density at radius 3 is 2.64 bits per heavy atom. The smallest absolute Gasteiger partial charge is 0.311 e. The van der Waals surface area contributed by atoms with Crippen LogP contribution < -0.4 is 4.74 Å². The third-order valence-corrected chi connectivity index (χ3v) is 2.43. The van der Waals surface area contributed by atoms with Crippen molar-refractivity contribution in [2.24, 2.45) is 5.92 Å². The minimum absolute atomic E-state index is 0.108. The van der Waals surface area contributed by atoms with Gasteiger partial charge in [-0.15, -0.1) is 0 Å². The molecule has 0 atom stereocenters. The average molecular weight is 190 g/mol. The fourth-order valence-electron chi connectivity index (χ4n) is 1.40. The minimum atomic E-state index is -0.108. The van der Waals surface area contributed by atoms with Crippen LogP contribution in [0.5, 0.6) is 5.75 Å². The van der Waals surface area contributed by atoms with E-state index in [1.165, 1.54) is 12.8 Å². The first-order valence-corrected chi connectivity index (χ1v) is 5.10. The molecule has 1 aliphatic rings. The van der Waals surface area contributed by atoms with Gasteiger partial charge in [0.15, 0.2) is 0 Å². The zero-order valence-corrected chi connectivity index (χ0v) is 8.11. The summed E-state index contributed by atoms with van der Waals surface area (Å²) in [5.41, 5.74) is 0. The lowest BCUT2D eigenvalue weighted by Gasteiger charge is -2.02. The highest BCUT2D eigenvalue weighted by Crippen LogP contribution is 2.33. The van der Waals surface area contributed by atoms with Crippen molar-refractivity contribution in [3.8, 4) is 5.75 Å². The number of carbonyl (C=O) groups is 1. The Morgan fingerprint density at radius 2 is 2.00 bits per heavy atom. The van der Waals surface area contributed by atoms with E-state index in [0.717, 1.165) is 12.3 Å². The van der Waals surface area contributed by atoms with E-state index in [-0.39, 0.29) is 5.97 Å². The molecule has 1 saturated carbocycles. The molecule has 1 aromatic carbocycles. The van der Waals surface area contributed by atoms with Gasteiger partial charge in [0.05, 0.1) is 0 Å². The normalized spacial score (nSPS) is 15.1. The van der Waals surface area contributed by atoms with Gasteiger partial charge in [-0.2, -0.15) is 0 Å². The standard InChI is InChI=1S/C12H14O2/c13-12(9-8-10-6-7-10)14-11-4-2-1-3-5-11/h1-5,10H,6-9H2. The molecule has 0 aliphatic heterocycles. The molecule has 1 fully saturated rings. The SMILES string of the molecule is O=C(CCC1CC1)Oc1ccccc1. The van der Waals surface area contributed by atoms with Crippen LogP contribution in [-0.2, 0) is 4.79 Å². The van der Waals surface area contributed by atoms with Crippen molar-refractivity contribution in [3.05, 3.63) is 30.3 Å². The second-order valence-electron chi connectivity index (χ2n) is 3.77. The molecule has 0 saturated heterocycles. The largest absolute Gasteiger partial charge is 0.427 e. The first-order chi connectivity index (χ1) is 6.84. The summed E-state index contributed by atoms with van der Waals surface area (Å²) < 4.78 is 5.15. The molecule has 0 bridgehead atoms. The van der Waals surface area contributed by atoms with Crippen molar-refractivity contribution in [2.75, 3.05) is 0 Å². The minimum Gasteiger partial charge on any atom is -0.427 e. The molecule has 0 unspecified atom stereocenters. The Morgan fingerprint density at radius 1 is 1.29 bits per heavy atom. The Kier molecular flexibility index (Phi) is 2.82. The van der Waals surface area contributed by atoms with Crippen LogP contribution in [0.2, 0.25) is 0 Å². The Hall–Kier alpha value is -1.31. The lowest BCUT2D eigenvalue weighted by molar-refractivity contribution is -0.134. The van der Waals surface area contributed by atoms with Gasteiger partial charge in [0.1, 0.15) is 5.75 Å². The molecule has 0 aromatic heterocycles. The summed E-state index contributed by atoms with van der Waals surface area (Å²) in [6.45, 7) is 0. The maximum absolute atomic E-state index is 11.3. The fourth-order valence-corrected chi connectivity index (χ4v) is 1.40. The highest BCUT2D eigenvalue weighted by molar-refractivity contribution is 5.72. The van der Waals surface area contributed by atoms with Crippen molar-refractivity contribution >= 4 is 5.97 Å². The predicted molar refractivity (Wildman–Crippen MR) is 54.0 cm³/mol. The third-order valence-electron chi connectivity index (χ3n) is 2.43. The zero-order chi connectivity index (χ0) is 9.80. The Balaban J connectivity index is 1.76. The number of hydrogen-bond donors (Lipinski definition) is 0. The number of para-hydroxylation sites is 1. The third kappa shape index (κ3) is 2.87. The van der Waals surface area contributed by atoms with Crippen molar-refractivity contribution in [1.29, 1.82) is 0 Å². The Bertz CT molecular complexity index is 301. The molecular formula is C12H14O2. The average Bonchev–Trinajstić information content (AvgIpc) is 3.00. The van der Waals surface area contributed by atoms with Crippen LogP contribution >= 0.6 is 0 Å². The number of carbonyl (C=O) groups excluding carboxylic acids is 1. The molecule has 74 valence electrons. The molecule has 2 nitrogen and oxygen atoms in total. The van der Waals surface area contributed by atoms with Gasteiger partial charge in [-0.1, -0.05) is 31.0 Å². The van der Waals surface area contributed by atoms with Crippen molar-refractivity contribution in [3.63, 3.8) is 0 Å². The second kappa shape index (κ2) is 4.27. The summed E-state index contributed by atoms with van der Waals surface area (Å²) in [5, 5.41) is 0. The topological polar surface area (TPSA) is 26.3 Å². The first-order valence-electron chi connectivity index (χ1n) is 5.10. The number of esters is 1. The monoisotopic (exact) mass is 190 g/mol. The summed E-state index contributed by atoms with van der Waals surface area (Å²) in [4.78, 5) is 11.3. The van der Waals surface area contributed by atoms with E-state index in [0.29, 0.717) is 12.2 Å². The molecule has 14 heavy (non-hydrogen) atoms. The molecule has 2 rings (SSSR count). The quantitative estimate of drug-likeness (QED) is 0.539. The molecule has 0 amide bonds. The maximum Gasteiger partial charge on any atom is 0.311 e. The number of benzene rings is 1. The van der Waals surface area contributed by atoms with Gasteiger partial charge in [-0.25, -0.2) is 0 Å². The highest BCUT2D eigenvalue weighted by atomic mass is 16.5. The molecule has 0 radical (unpaired) electrons. The number of rotatable bonds is 4. The maximum atomic E-state index is 11.3. The zero-order valence-electron chi connectivity index (χ0n) is 8.11. The lowest BCUT2D eigenvalue weighted by Crippen LogP contribution is -2.07. The van der Waals surface area contributed by atoms with E-state index in [9.17, 15) is 4.79 Å². The van der Waals surface area contributed by atoms with Crippen molar-refractivity contribution in [1.82, 2.24) is 0 Å². The molecule has 0 heterocycles. The van der Waals surface area contributed by atoms with Crippen LogP contribution in [0, 0.1) is 5.92 Å². The summed E-state index contributed by atoms with van der Waals surface area (Å²) >= 11 is 0. The van der Waals surface area contributed by atoms with Crippen LogP contribution in [0.4, 0.5) is 0 Å². The van der Waals surface area contributed by atoms with E-state index in [1.807, 2.05) is 18.2 Å². The van der Waals surface area contributed by atoms with Crippen LogP contribution in [-0.4, -0.2) is 5.97 Å². The number of hydrogen-bond acceptors (Lipinski definition) is 2. The van der Waals surface area contributed by atoms with Gasteiger partial charge >= 0.3 is 5.97 Å². The van der Waals surface area contributed by atoms with Crippen molar-refractivity contribution in [2.45, 2.75) is 25.7 Å². The van der Waals surface area contributed by atoms with Gasteiger partial charge in [-0.3, -0.25) is 4.79 Å². The molecule has 0 spiro atoms. The molecule has 0 N–H and O–H groups in total. The second-order valence-corrected chi connectivity index (χ2v) is 3.77. The molecular weight excluding hydrogens is 176 g/mol. The van der Waals surface area contributed by atoms with Crippen LogP contribution in [0.3, 0.4) is 0 Å².